The Labute approximate surface area is 121 Å². The van der Waals surface area contributed by atoms with Gasteiger partial charge in [-0.05, 0) is 44.9 Å². The van der Waals surface area contributed by atoms with Crippen molar-refractivity contribution >= 4 is 11.8 Å². The maximum absolute atomic E-state index is 12.1. The molecule has 20 heavy (non-hydrogen) atoms. The topological polar surface area (TPSA) is 55.6 Å². The molecule has 0 atom stereocenters. The average molecular weight is 276 g/mol. The van der Waals surface area contributed by atoms with E-state index in [9.17, 15) is 4.79 Å². The van der Waals surface area contributed by atoms with Crippen molar-refractivity contribution < 1.29 is 9.53 Å². The van der Waals surface area contributed by atoms with Gasteiger partial charge in [-0.15, -0.1) is 6.58 Å². The molecule has 0 aliphatic rings. The number of rotatable bonds is 5. The van der Waals surface area contributed by atoms with Crippen molar-refractivity contribution in [2.45, 2.75) is 32.8 Å². The number of nitrogens with zero attached hydrogens (tertiary/aromatic N) is 1. The van der Waals surface area contributed by atoms with E-state index in [2.05, 4.69) is 6.58 Å². The van der Waals surface area contributed by atoms with E-state index < -0.39 is 5.60 Å². The molecule has 2 N–H and O–H groups in total. The molecule has 0 bridgehead atoms. The van der Waals surface area contributed by atoms with E-state index in [1.165, 1.54) is 0 Å². The predicted octanol–water partition coefficient (Wildman–Crippen LogP) is 3.23. The maximum atomic E-state index is 12.1. The van der Waals surface area contributed by atoms with Crippen LogP contribution in [0, 0.1) is 0 Å². The molecule has 1 rings (SSSR count). The number of benzene rings is 1. The number of amides is 1. The maximum Gasteiger partial charge on any atom is 0.410 e. The molecule has 0 radical (unpaired) electrons. The van der Waals surface area contributed by atoms with Crippen molar-refractivity contribution in [2.75, 3.05) is 18.8 Å². The van der Waals surface area contributed by atoms with E-state index in [0.29, 0.717) is 13.1 Å². The second kappa shape index (κ2) is 6.98. The lowest BCUT2D eigenvalue weighted by atomic mass is 10.1. The van der Waals surface area contributed by atoms with Crippen molar-refractivity contribution in [1.29, 1.82) is 0 Å². The third kappa shape index (κ3) is 5.78. The summed E-state index contributed by atoms with van der Waals surface area (Å²) in [5.41, 5.74) is 7.04. The molecule has 1 aromatic rings. The van der Waals surface area contributed by atoms with Gasteiger partial charge in [-0.3, -0.25) is 0 Å². The monoisotopic (exact) mass is 276 g/mol. The quantitative estimate of drug-likeness (QED) is 0.663. The standard InChI is InChI=1S/C16H24N2O2/c1-5-11-18(15(19)20-16(2,3)4)12-10-13-6-8-14(17)9-7-13/h5-9H,1,10-12,17H2,2-4H3. The van der Waals surface area contributed by atoms with Crippen LogP contribution < -0.4 is 5.73 Å². The lowest BCUT2D eigenvalue weighted by Gasteiger charge is -2.26. The number of nitrogen functional groups attached to an aromatic ring is 1. The molecule has 4 heteroatoms. The van der Waals surface area contributed by atoms with Crippen LogP contribution in [0.25, 0.3) is 0 Å². The highest BCUT2D eigenvalue weighted by atomic mass is 16.6. The van der Waals surface area contributed by atoms with Gasteiger partial charge in [-0.1, -0.05) is 18.2 Å². The molecular weight excluding hydrogens is 252 g/mol. The largest absolute Gasteiger partial charge is 0.444 e. The van der Waals surface area contributed by atoms with Gasteiger partial charge in [-0.2, -0.15) is 0 Å². The Morgan fingerprint density at radius 2 is 1.95 bits per heavy atom. The molecule has 0 fully saturated rings. The van der Waals surface area contributed by atoms with Crippen molar-refractivity contribution in [3.63, 3.8) is 0 Å². The first kappa shape index (κ1) is 16.1. The minimum absolute atomic E-state index is 0.312. The van der Waals surface area contributed by atoms with Crippen LogP contribution in [0.15, 0.2) is 36.9 Å². The van der Waals surface area contributed by atoms with E-state index in [1.807, 2.05) is 45.0 Å². The summed E-state index contributed by atoms with van der Waals surface area (Å²) < 4.78 is 5.38. The van der Waals surface area contributed by atoms with Gasteiger partial charge in [-0.25, -0.2) is 4.79 Å². The van der Waals surface area contributed by atoms with Gasteiger partial charge in [0.15, 0.2) is 0 Å². The number of anilines is 1. The van der Waals surface area contributed by atoms with E-state index in [0.717, 1.165) is 17.7 Å². The SMILES string of the molecule is C=CCN(CCc1ccc(N)cc1)C(=O)OC(C)(C)C. The van der Waals surface area contributed by atoms with Gasteiger partial charge >= 0.3 is 6.09 Å². The lowest BCUT2D eigenvalue weighted by molar-refractivity contribution is 0.0274. The molecule has 0 aliphatic heterocycles. The van der Waals surface area contributed by atoms with Crippen LogP contribution in [0.4, 0.5) is 10.5 Å². The zero-order chi connectivity index (χ0) is 15.2. The molecule has 0 aliphatic carbocycles. The fourth-order valence-corrected chi connectivity index (χ4v) is 1.69. The Hall–Kier alpha value is -1.97. The number of nitrogens with two attached hydrogens (primary N) is 1. The molecule has 110 valence electrons. The number of carbonyl (C=O) groups is 1. The summed E-state index contributed by atoms with van der Waals surface area (Å²) in [6.07, 6.45) is 2.15. The summed E-state index contributed by atoms with van der Waals surface area (Å²) in [6, 6.07) is 7.66. The first-order valence-corrected chi connectivity index (χ1v) is 6.75. The van der Waals surface area contributed by atoms with Gasteiger partial charge in [0.2, 0.25) is 0 Å². The first-order chi connectivity index (χ1) is 9.31. The summed E-state index contributed by atoms with van der Waals surface area (Å²) in [5, 5.41) is 0. The van der Waals surface area contributed by atoms with E-state index in [1.54, 1.807) is 11.0 Å². The molecule has 0 unspecified atom stereocenters. The Morgan fingerprint density at radius 1 is 1.35 bits per heavy atom. The average Bonchev–Trinajstić information content (AvgIpc) is 2.34. The van der Waals surface area contributed by atoms with Crippen LogP contribution in [0.2, 0.25) is 0 Å². The second-order valence-corrected chi connectivity index (χ2v) is 5.71. The van der Waals surface area contributed by atoms with Crippen LogP contribution in [0.1, 0.15) is 26.3 Å². The number of ether oxygens (including phenoxy) is 1. The van der Waals surface area contributed by atoms with E-state index in [-0.39, 0.29) is 6.09 Å². The third-order valence-corrected chi connectivity index (χ3v) is 2.65. The van der Waals surface area contributed by atoms with Crippen LogP contribution in [-0.2, 0) is 11.2 Å². The van der Waals surface area contributed by atoms with Gasteiger partial charge in [0.25, 0.3) is 0 Å². The zero-order valence-electron chi connectivity index (χ0n) is 12.6. The Balaban J connectivity index is 2.60. The smallest absolute Gasteiger partial charge is 0.410 e. The van der Waals surface area contributed by atoms with E-state index in [4.69, 9.17) is 10.5 Å². The van der Waals surface area contributed by atoms with Crippen LogP contribution in [0.3, 0.4) is 0 Å². The molecule has 1 aromatic carbocycles. The van der Waals surface area contributed by atoms with Crippen molar-refractivity contribution in [2.24, 2.45) is 0 Å². The highest BCUT2D eigenvalue weighted by Gasteiger charge is 2.21. The summed E-state index contributed by atoms with van der Waals surface area (Å²) in [7, 11) is 0. The second-order valence-electron chi connectivity index (χ2n) is 5.71. The molecule has 0 aromatic heterocycles. The van der Waals surface area contributed by atoms with Gasteiger partial charge in [0.05, 0.1) is 0 Å². The fraction of sp³-hybridized carbons (Fsp3) is 0.438. The minimum Gasteiger partial charge on any atom is -0.444 e. The third-order valence-electron chi connectivity index (χ3n) is 2.65. The minimum atomic E-state index is -0.488. The van der Waals surface area contributed by atoms with E-state index >= 15 is 0 Å². The Kier molecular flexibility index (Phi) is 5.62. The summed E-state index contributed by atoms with van der Waals surface area (Å²) in [5.74, 6) is 0. The normalized spacial score (nSPS) is 10.9. The molecule has 0 spiro atoms. The molecular formula is C16H24N2O2. The number of hydrogen-bond donors (Lipinski definition) is 1. The van der Waals surface area contributed by atoms with Crippen LogP contribution >= 0.6 is 0 Å². The van der Waals surface area contributed by atoms with Gasteiger partial charge in [0, 0.05) is 18.8 Å². The first-order valence-electron chi connectivity index (χ1n) is 6.75. The molecule has 0 heterocycles. The van der Waals surface area contributed by atoms with Crippen LogP contribution in [0.5, 0.6) is 0 Å². The van der Waals surface area contributed by atoms with Crippen molar-refractivity contribution in [1.82, 2.24) is 4.90 Å². The lowest BCUT2D eigenvalue weighted by Crippen LogP contribution is -2.38. The summed E-state index contributed by atoms with van der Waals surface area (Å²) in [4.78, 5) is 13.7. The van der Waals surface area contributed by atoms with Crippen molar-refractivity contribution in [3.8, 4) is 0 Å². The number of hydrogen-bond acceptors (Lipinski definition) is 3. The highest BCUT2D eigenvalue weighted by Crippen LogP contribution is 2.11. The predicted molar refractivity (Wildman–Crippen MR) is 82.6 cm³/mol. The zero-order valence-corrected chi connectivity index (χ0v) is 12.6. The molecule has 0 saturated heterocycles. The highest BCUT2D eigenvalue weighted by molar-refractivity contribution is 5.68. The van der Waals surface area contributed by atoms with Gasteiger partial charge in [0.1, 0.15) is 5.60 Å². The van der Waals surface area contributed by atoms with Crippen LogP contribution in [-0.4, -0.2) is 29.7 Å². The van der Waals surface area contributed by atoms with Gasteiger partial charge < -0.3 is 15.4 Å². The summed E-state index contributed by atoms with van der Waals surface area (Å²) >= 11 is 0. The van der Waals surface area contributed by atoms with Crippen molar-refractivity contribution in [3.05, 3.63) is 42.5 Å². The molecule has 4 nitrogen and oxygen atoms in total. The Bertz CT molecular complexity index is 447. The fourth-order valence-electron chi connectivity index (χ4n) is 1.69. The molecule has 1 amide bonds. The Morgan fingerprint density at radius 3 is 2.45 bits per heavy atom. The molecule has 0 saturated carbocycles. The summed E-state index contributed by atoms with van der Waals surface area (Å²) in [6.45, 7) is 10.3. The number of carbonyl (C=O) groups excluding carboxylic acids is 1.